The van der Waals surface area contributed by atoms with Crippen molar-refractivity contribution < 1.29 is 4.79 Å². The average molecular weight is 335 g/mol. The maximum atomic E-state index is 12.5. The van der Waals surface area contributed by atoms with Crippen molar-refractivity contribution in [1.82, 2.24) is 10.3 Å². The first kappa shape index (κ1) is 15.0. The number of alkyl halides is 1. The molecule has 0 aliphatic rings. The van der Waals surface area contributed by atoms with Crippen molar-refractivity contribution in [2.75, 3.05) is 5.33 Å². The van der Waals surface area contributed by atoms with Crippen molar-refractivity contribution in [2.24, 2.45) is 5.92 Å². The second-order valence-electron chi connectivity index (χ2n) is 5.18. The van der Waals surface area contributed by atoms with Crippen LogP contribution in [-0.4, -0.2) is 22.3 Å². The second kappa shape index (κ2) is 6.84. The summed E-state index contributed by atoms with van der Waals surface area (Å²) in [4.78, 5) is 16.8. The molecule has 1 N–H and O–H groups in total. The van der Waals surface area contributed by atoms with Crippen LogP contribution in [0.15, 0.2) is 36.5 Å². The molecule has 0 radical (unpaired) electrons. The van der Waals surface area contributed by atoms with Crippen molar-refractivity contribution in [1.29, 1.82) is 0 Å². The van der Waals surface area contributed by atoms with E-state index in [9.17, 15) is 4.79 Å². The lowest BCUT2D eigenvalue weighted by atomic mass is 10.0. The van der Waals surface area contributed by atoms with Crippen molar-refractivity contribution >= 4 is 32.7 Å². The number of nitrogens with one attached hydrogen (secondary N) is 1. The predicted octanol–water partition coefficient (Wildman–Crippen LogP) is 3.77. The molecule has 0 aliphatic carbocycles. The quantitative estimate of drug-likeness (QED) is 0.845. The SMILES string of the molecule is CC(C)C(CCBr)NC(=O)c1cccc2cccnc12. The third kappa shape index (κ3) is 3.37. The molecule has 1 unspecified atom stereocenters. The molecule has 20 heavy (non-hydrogen) atoms. The first-order valence-electron chi connectivity index (χ1n) is 6.84. The number of hydrogen-bond donors (Lipinski definition) is 1. The predicted molar refractivity (Wildman–Crippen MR) is 86.2 cm³/mol. The molecule has 0 fully saturated rings. The summed E-state index contributed by atoms with van der Waals surface area (Å²) in [6.45, 7) is 4.24. The number of benzene rings is 1. The molecule has 4 heteroatoms. The molecule has 1 atom stereocenters. The molecule has 2 aromatic rings. The zero-order chi connectivity index (χ0) is 14.5. The number of halogens is 1. The molecule has 3 nitrogen and oxygen atoms in total. The highest BCUT2D eigenvalue weighted by Crippen LogP contribution is 2.17. The molecule has 1 aromatic heterocycles. The lowest BCUT2D eigenvalue weighted by molar-refractivity contribution is 0.0926. The Bertz CT molecular complexity index is 593. The van der Waals surface area contributed by atoms with Gasteiger partial charge in [-0.1, -0.05) is 48.0 Å². The Labute approximate surface area is 127 Å². The van der Waals surface area contributed by atoms with E-state index in [1.807, 2.05) is 30.3 Å². The maximum absolute atomic E-state index is 12.5. The monoisotopic (exact) mass is 334 g/mol. The number of rotatable bonds is 5. The Balaban J connectivity index is 2.27. The number of carbonyl (C=O) groups is 1. The van der Waals surface area contributed by atoms with Gasteiger partial charge in [-0.2, -0.15) is 0 Å². The van der Waals surface area contributed by atoms with E-state index in [2.05, 4.69) is 40.1 Å². The molecule has 0 bridgehead atoms. The summed E-state index contributed by atoms with van der Waals surface area (Å²) in [6.07, 6.45) is 2.64. The van der Waals surface area contributed by atoms with Crippen LogP contribution in [0.25, 0.3) is 10.9 Å². The largest absolute Gasteiger partial charge is 0.349 e. The third-order valence-electron chi connectivity index (χ3n) is 3.42. The van der Waals surface area contributed by atoms with Crippen LogP contribution in [0.1, 0.15) is 30.6 Å². The van der Waals surface area contributed by atoms with Gasteiger partial charge in [0.1, 0.15) is 0 Å². The standard InChI is InChI=1S/C16H19BrN2O/c1-11(2)14(8-9-17)19-16(20)13-7-3-5-12-6-4-10-18-15(12)13/h3-7,10-11,14H,8-9H2,1-2H3,(H,19,20). The van der Waals surface area contributed by atoms with E-state index in [1.165, 1.54) is 0 Å². The van der Waals surface area contributed by atoms with Gasteiger partial charge in [0.25, 0.3) is 5.91 Å². The van der Waals surface area contributed by atoms with E-state index < -0.39 is 0 Å². The van der Waals surface area contributed by atoms with Crippen LogP contribution >= 0.6 is 15.9 Å². The van der Waals surface area contributed by atoms with Gasteiger partial charge in [-0.15, -0.1) is 0 Å². The second-order valence-corrected chi connectivity index (χ2v) is 5.98. The third-order valence-corrected chi connectivity index (χ3v) is 3.88. The first-order valence-corrected chi connectivity index (χ1v) is 7.96. The number of carbonyl (C=O) groups excluding carboxylic acids is 1. The van der Waals surface area contributed by atoms with Crippen molar-refractivity contribution in [2.45, 2.75) is 26.3 Å². The first-order chi connectivity index (χ1) is 9.63. The van der Waals surface area contributed by atoms with Crippen LogP contribution in [-0.2, 0) is 0 Å². The van der Waals surface area contributed by atoms with E-state index in [-0.39, 0.29) is 11.9 Å². The lowest BCUT2D eigenvalue weighted by Crippen LogP contribution is -2.39. The summed E-state index contributed by atoms with van der Waals surface area (Å²) in [7, 11) is 0. The van der Waals surface area contributed by atoms with Crippen LogP contribution in [0, 0.1) is 5.92 Å². The Morgan fingerprint density at radius 1 is 1.30 bits per heavy atom. The summed E-state index contributed by atoms with van der Waals surface area (Å²) < 4.78 is 0. The van der Waals surface area contributed by atoms with E-state index in [0.29, 0.717) is 11.5 Å². The summed E-state index contributed by atoms with van der Waals surface area (Å²) in [5, 5.41) is 4.98. The van der Waals surface area contributed by atoms with E-state index >= 15 is 0 Å². The van der Waals surface area contributed by atoms with Crippen molar-refractivity contribution in [3.63, 3.8) is 0 Å². The van der Waals surface area contributed by atoms with Crippen LogP contribution in [0.3, 0.4) is 0 Å². The lowest BCUT2D eigenvalue weighted by Gasteiger charge is -2.21. The number of fused-ring (bicyclic) bond motifs is 1. The average Bonchev–Trinajstić information content (AvgIpc) is 2.46. The minimum Gasteiger partial charge on any atom is -0.349 e. The number of amides is 1. The van der Waals surface area contributed by atoms with Crippen LogP contribution in [0.5, 0.6) is 0 Å². The molecule has 0 aliphatic heterocycles. The Morgan fingerprint density at radius 3 is 2.75 bits per heavy atom. The summed E-state index contributed by atoms with van der Waals surface area (Å²) >= 11 is 3.44. The fourth-order valence-electron chi connectivity index (χ4n) is 2.22. The minimum atomic E-state index is -0.0473. The summed E-state index contributed by atoms with van der Waals surface area (Å²) in [6, 6.07) is 9.71. The highest BCUT2D eigenvalue weighted by molar-refractivity contribution is 9.09. The van der Waals surface area contributed by atoms with E-state index in [0.717, 1.165) is 22.7 Å². The molecule has 0 saturated carbocycles. The van der Waals surface area contributed by atoms with Gasteiger partial charge in [0, 0.05) is 23.0 Å². The zero-order valence-corrected chi connectivity index (χ0v) is 13.4. The minimum absolute atomic E-state index is 0.0473. The Kier molecular flexibility index (Phi) is 5.12. The highest BCUT2D eigenvalue weighted by atomic mass is 79.9. The molecular weight excluding hydrogens is 316 g/mol. The van der Waals surface area contributed by atoms with Gasteiger partial charge in [0.15, 0.2) is 0 Å². The van der Waals surface area contributed by atoms with Crippen LogP contribution < -0.4 is 5.32 Å². The van der Waals surface area contributed by atoms with Gasteiger partial charge >= 0.3 is 0 Å². The molecule has 0 spiro atoms. The van der Waals surface area contributed by atoms with Crippen molar-refractivity contribution in [3.8, 4) is 0 Å². The van der Waals surface area contributed by atoms with Crippen LogP contribution in [0.2, 0.25) is 0 Å². The molecule has 1 heterocycles. The van der Waals surface area contributed by atoms with Gasteiger partial charge in [0.2, 0.25) is 0 Å². The van der Waals surface area contributed by atoms with Crippen LogP contribution in [0.4, 0.5) is 0 Å². The van der Waals surface area contributed by atoms with Crippen molar-refractivity contribution in [3.05, 3.63) is 42.1 Å². The maximum Gasteiger partial charge on any atom is 0.253 e. The highest BCUT2D eigenvalue weighted by Gasteiger charge is 2.18. The molecule has 106 valence electrons. The number of para-hydroxylation sites is 1. The van der Waals surface area contributed by atoms with Gasteiger partial charge in [-0.25, -0.2) is 0 Å². The summed E-state index contributed by atoms with van der Waals surface area (Å²) in [5.41, 5.74) is 1.40. The fourth-order valence-corrected chi connectivity index (χ4v) is 2.72. The molecule has 1 amide bonds. The summed E-state index contributed by atoms with van der Waals surface area (Å²) in [5.74, 6) is 0.355. The number of hydrogen-bond acceptors (Lipinski definition) is 2. The van der Waals surface area contributed by atoms with E-state index in [1.54, 1.807) is 6.20 Å². The number of nitrogens with zero attached hydrogens (tertiary/aromatic N) is 1. The fraction of sp³-hybridized carbons (Fsp3) is 0.375. The van der Waals surface area contributed by atoms with Gasteiger partial charge in [-0.05, 0) is 24.5 Å². The zero-order valence-electron chi connectivity index (χ0n) is 11.8. The normalized spacial score (nSPS) is 12.6. The van der Waals surface area contributed by atoms with Gasteiger partial charge < -0.3 is 5.32 Å². The van der Waals surface area contributed by atoms with E-state index in [4.69, 9.17) is 0 Å². The smallest absolute Gasteiger partial charge is 0.253 e. The Hall–Kier alpha value is -1.42. The Morgan fingerprint density at radius 2 is 2.05 bits per heavy atom. The molecule has 1 aromatic carbocycles. The van der Waals surface area contributed by atoms with Gasteiger partial charge in [0.05, 0.1) is 11.1 Å². The molecule has 2 rings (SSSR count). The molecule has 0 saturated heterocycles. The van der Waals surface area contributed by atoms with Gasteiger partial charge in [-0.3, -0.25) is 9.78 Å². The number of pyridine rings is 1. The topological polar surface area (TPSA) is 42.0 Å². The number of aromatic nitrogens is 1. The molecular formula is C16H19BrN2O.